The van der Waals surface area contributed by atoms with Crippen LogP contribution in [0.15, 0.2) is 24.3 Å². The minimum atomic E-state index is -1.20. The van der Waals surface area contributed by atoms with Crippen molar-refractivity contribution in [3.8, 4) is 12.3 Å². The zero-order valence-corrected chi connectivity index (χ0v) is 9.39. The Hall–Kier alpha value is -2.55. The molecular weight excluding hydrogens is 239 g/mol. The van der Waals surface area contributed by atoms with Gasteiger partial charge in [0, 0.05) is 0 Å². The largest absolute Gasteiger partial charge is 0.480 e. The van der Waals surface area contributed by atoms with E-state index in [1.165, 1.54) is 18.2 Å². The van der Waals surface area contributed by atoms with Crippen LogP contribution in [0.5, 0.6) is 0 Å². The molecule has 2 N–H and O–H groups in total. The van der Waals surface area contributed by atoms with E-state index in [0.29, 0.717) is 0 Å². The van der Waals surface area contributed by atoms with Crippen LogP contribution < -0.4 is 5.32 Å². The van der Waals surface area contributed by atoms with Gasteiger partial charge in [-0.25, -0.2) is 9.18 Å². The molecule has 1 aromatic carbocycles. The molecule has 0 unspecified atom stereocenters. The lowest BCUT2D eigenvalue weighted by Gasteiger charge is -2.18. The molecule has 5 nitrogen and oxygen atoms in total. The summed E-state index contributed by atoms with van der Waals surface area (Å²) in [4.78, 5) is 23.1. The van der Waals surface area contributed by atoms with Gasteiger partial charge in [0.2, 0.25) is 0 Å². The van der Waals surface area contributed by atoms with Crippen molar-refractivity contribution >= 4 is 17.7 Å². The molecule has 6 heteroatoms. The van der Waals surface area contributed by atoms with Gasteiger partial charge < -0.3 is 15.3 Å². The number of hydrogen-bond acceptors (Lipinski definition) is 2. The number of urea groups is 1. The van der Waals surface area contributed by atoms with Crippen molar-refractivity contribution in [1.82, 2.24) is 4.90 Å². The van der Waals surface area contributed by atoms with Crippen LogP contribution in [0.25, 0.3) is 0 Å². The minimum absolute atomic E-state index is 0.0325. The van der Waals surface area contributed by atoms with Gasteiger partial charge in [-0.15, -0.1) is 6.42 Å². The maximum Gasteiger partial charge on any atom is 0.323 e. The van der Waals surface area contributed by atoms with E-state index in [0.717, 1.165) is 4.90 Å². The van der Waals surface area contributed by atoms with Gasteiger partial charge in [0.05, 0.1) is 12.2 Å². The number of terminal acetylenes is 1. The molecule has 2 amide bonds. The summed E-state index contributed by atoms with van der Waals surface area (Å²) in [6.45, 7) is -0.725. The fourth-order valence-electron chi connectivity index (χ4n) is 1.23. The SMILES string of the molecule is C#CCN(CC(=O)O)C(=O)Nc1ccccc1F. The van der Waals surface area contributed by atoms with E-state index >= 15 is 0 Å². The van der Waals surface area contributed by atoms with Gasteiger partial charge in [-0.1, -0.05) is 18.1 Å². The number of carbonyl (C=O) groups is 2. The van der Waals surface area contributed by atoms with E-state index in [2.05, 4.69) is 11.2 Å². The number of carboxylic acid groups (broad SMARTS) is 1. The zero-order valence-electron chi connectivity index (χ0n) is 9.39. The monoisotopic (exact) mass is 250 g/mol. The second-order valence-electron chi connectivity index (χ2n) is 3.36. The predicted molar refractivity (Wildman–Crippen MR) is 63.5 cm³/mol. The standard InChI is InChI=1S/C12H11FN2O3/c1-2-7-15(8-11(16)17)12(18)14-10-6-4-3-5-9(10)13/h1,3-6H,7-8H2,(H,14,18)(H,16,17). The third kappa shape index (κ3) is 3.79. The van der Waals surface area contributed by atoms with E-state index in [1.807, 2.05) is 0 Å². The summed E-state index contributed by atoms with van der Waals surface area (Å²) in [5, 5.41) is 10.9. The first-order valence-electron chi connectivity index (χ1n) is 5.00. The number of anilines is 1. The van der Waals surface area contributed by atoms with E-state index in [9.17, 15) is 14.0 Å². The van der Waals surface area contributed by atoms with E-state index in [4.69, 9.17) is 11.5 Å². The Morgan fingerprint density at radius 1 is 1.44 bits per heavy atom. The second-order valence-corrected chi connectivity index (χ2v) is 3.36. The van der Waals surface area contributed by atoms with E-state index in [-0.39, 0.29) is 12.2 Å². The van der Waals surface area contributed by atoms with E-state index in [1.54, 1.807) is 6.07 Å². The third-order valence-corrected chi connectivity index (χ3v) is 2.01. The molecule has 94 valence electrons. The van der Waals surface area contributed by atoms with Crippen LogP contribution in [0.4, 0.5) is 14.9 Å². The van der Waals surface area contributed by atoms with E-state index < -0.39 is 24.4 Å². The van der Waals surface area contributed by atoms with Crippen LogP contribution in [-0.4, -0.2) is 35.1 Å². The molecule has 0 fully saturated rings. The molecule has 0 saturated carbocycles. The third-order valence-electron chi connectivity index (χ3n) is 2.01. The number of benzene rings is 1. The number of halogens is 1. The highest BCUT2D eigenvalue weighted by atomic mass is 19.1. The molecule has 1 rings (SSSR count). The smallest absolute Gasteiger partial charge is 0.323 e. The number of amides is 2. The number of aliphatic carboxylic acids is 1. The summed E-state index contributed by atoms with van der Waals surface area (Å²) >= 11 is 0. The number of carboxylic acids is 1. The normalized spacial score (nSPS) is 9.33. The van der Waals surface area contributed by atoms with Gasteiger partial charge >= 0.3 is 12.0 Å². The van der Waals surface area contributed by atoms with Crippen molar-refractivity contribution < 1.29 is 19.1 Å². The molecular formula is C12H11FN2O3. The quantitative estimate of drug-likeness (QED) is 0.793. The lowest BCUT2D eigenvalue weighted by Crippen LogP contribution is -2.39. The Morgan fingerprint density at radius 2 is 2.11 bits per heavy atom. The number of nitrogens with one attached hydrogen (secondary N) is 1. The van der Waals surface area contributed by atoms with Crippen molar-refractivity contribution in [1.29, 1.82) is 0 Å². The molecule has 0 atom stereocenters. The Kier molecular flexibility index (Phi) is 4.69. The lowest BCUT2D eigenvalue weighted by atomic mass is 10.3. The molecule has 0 aliphatic heterocycles. The highest BCUT2D eigenvalue weighted by Gasteiger charge is 2.16. The number of nitrogens with zero attached hydrogens (tertiary/aromatic N) is 1. The Balaban J connectivity index is 2.76. The summed E-state index contributed by atoms with van der Waals surface area (Å²) in [6, 6.07) is 4.80. The van der Waals surface area contributed by atoms with Crippen LogP contribution in [0.2, 0.25) is 0 Å². The minimum Gasteiger partial charge on any atom is -0.480 e. The van der Waals surface area contributed by atoms with Crippen LogP contribution in [0.3, 0.4) is 0 Å². The van der Waals surface area contributed by atoms with Crippen LogP contribution in [0, 0.1) is 18.2 Å². The molecule has 0 heterocycles. The van der Waals surface area contributed by atoms with Gasteiger partial charge in [0.1, 0.15) is 12.4 Å². The van der Waals surface area contributed by atoms with Crippen molar-refractivity contribution in [2.75, 3.05) is 18.4 Å². The van der Waals surface area contributed by atoms with Gasteiger partial charge in [-0.3, -0.25) is 4.79 Å². The van der Waals surface area contributed by atoms with Gasteiger partial charge in [0.15, 0.2) is 0 Å². The Morgan fingerprint density at radius 3 is 2.67 bits per heavy atom. The Bertz CT molecular complexity index is 496. The van der Waals surface area contributed by atoms with Crippen LogP contribution in [0.1, 0.15) is 0 Å². The maximum absolute atomic E-state index is 13.3. The summed E-state index contributed by atoms with van der Waals surface area (Å²) < 4.78 is 13.3. The first-order chi connectivity index (χ1) is 8.54. The van der Waals surface area contributed by atoms with Crippen molar-refractivity contribution in [3.63, 3.8) is 0 Å². The highest BCUT2D eigenvalue weighted by molar-refractivity contribution is 5.91. The number of carbonyl (C=O) groups excluding carboxylic acids is 1. The summed E-state index contributed by atoms with van der Waals surface area (Å²) in [6.07, 6.45) is 5.03. The average molecular weight is 250 g/mol. The van der Waals surface area contributed by atoms with Gasteiger partial charge in [0.25, 0.3) is 0 Å². The molecule has 0 radical (unpaired) electrons. The average Bonchev–Trinajstić information content (AvgIpc) is 2.31. The van der Waals surface area contributed by atoms with Crippen molar-refractivity contribution in [3.05, 3.63) is 30.1 Å². The van der Waals surface area contributed by atoms with Crippen LogP contribution >= 0.6 is 0 Å². The number of para-hydroxylation sites is 1. The first kappa shape index (κ1) is 13.5. The lowest BCUT2D eigenvalue weighted by molar-refractivity contribution is -0.137. The molecule has 0 spiro atoms. The molecule has 0 aromatic heterocycles. The second kappa shape index (κ2) is 6.25. The predicted octanol–water partition coefficient (Wildman–Crippen LogP) is 1.38. The van der Waals surface area contributed by atoms with Gasteiger partial charge in [-0.05, 0) is 12.1 Å². The molecule has 0 aliphatic carbocycles. The topological polar surface area (TPSA) is 69.6 Å². The number of hydrogen-bond donors (Lipinski definition) is 2. The first-order valence-corrected chi connectivity index (χ1v) is 5.00. The van der Waals surface area contributed by atoms with Crippen LogP contribution in [-0.2, 0) is 4.79 Å². The summed E-state index contributed by atoms with van der Waals surface area (Å²) in [5.74, 6) is 0.353. The highest BCUT2D eigenvalue weighted by Crippen LogP contribution is 2.12. The number of rotatable bonds is 4. The summed E-state index contributed by atoms with van der Waals surface area (Å²) in [7, 11) is 0. The Labute approximate surface area is 103 Å². The van der Waals surface area contributed by atoms with Gasteiger partial charge in [-0.2, -0.15) is 0 Å². The molecule has 0 saturated heterocycles. The molecule has 1 aromatic rings. The molecule has 0 aliphatic rings. The fraction of sp³-hybridized carbons (Fsp3) is 0.167. The van der Waals surface area contributed by atoms with Crippen molar-refractivity contribution in [2.24, 2.45) is 0 Å². The van der Waals surface area contributed by atoms with Crippen molar-refractivity contribution in [2.45, 2.75) is 0 Å². The summed E-state index contributed by atoms with van der Waals surface area (Å²) in [5.41, 5.74) is -0.0325. The zero-order chi connectivity index (χ0) is 13.5. The molecule has 0 bridgehead atoms. The molecule has 18 heavy (non-hydrogen) atoms. The maximum atomic E-state index is 13.3. The fourth-order valence-corrected chi connectivity index (χ4v) is 1.23.